The highest BCUT2D eigenvalue weighted by Crippen LogP contribution is 2.38. The molecule has 3 N–H and O–H groups in total. The van der Waals surface area contributed by atoms with Crippen molar-refractivity contribution >= 4 is 55.8 Å². The van der Waals surface area contributed by atoms with Crippen LogP contribution in [0, 0.1) is 6.92 Å². The van der Waals surface area contributed by atoms with Crippen LogP contribution in [0.3, 0.4) is 0 Å². The summed E-state index contributed by atoms with van der Waals surface area (Å²) in [5, 5.41) is 18.4. The van der Waals surface area contributed by atoms with E-state index in [4.69, 9.17) is 11.6 Å². The molecule has 0 atom stereocenters. The van der Waals surface area contributed by atoms with Gasteiger partial charge < -0.3 is 15.4 Å². The molecule has 0 radical (unpaired) electrons. The fraction of sp³-hybridized carbons (Fsp3) is 0.115. The van der Waals surface area contributed by atoms with Gasteiger partial charge in [0.05, 0.1) is 11.1 Å². The van der Waals surface area contributed by atoms with Crippen molar-refractivity contribution in [1.29, 1.82) is 0 Å². The number of para-hydroxylation sites is 1. The zero-order chi connectivity index (χ0) is 21.7. The van der Waals surface area contributed by atoms with Crippen molar-refractivity contribution in [3.8, 4) is 5.75 Å². The summed E-state index contributed by atoms with van der Waals surface area (Å²) in [5.74, 6) is -0.338. The highest BCUT2D eigenvalue weighted by molar-refractivity contribution is 6.32. The zero-order valence-corrected chi connectivity index (χ0v) is 18.0. The van der Waals surface area contributed by atoms with E-state index in [9.17, 15) is 9.90 Å². The smallest absolute Gasteiger partial charge is 0.259 e. The van der Waals surface area contributed by atoms with Crippen molar-refractivity contribution < 1.29 is 9.90 Å². The van der Waals surface area contributed by atoms with Gasteiger partial charge in [-0.05, 0) is 54.6 Å². The molecule has 1 aromatic heterocycles. The number of aromatic amines is 1. The maximum atomic E-state index is 13.0. The van der Waals surface area contributed by atoms with Gasteiger partial charge in [0, 0.05) is 37.9 Å². The largest absolute Gasteiger partial charge is 0.507 e. The van der Waals surface area contributed by atoms with Crippen LogP contribution in [-0.4, -0.2) is 16.0 Å². The van der Waals surface area contributed by atoms with Gasteiger partial charge in [-0.2, -0.15) is 0 Å². The molecule has 154 valence electrons. The van der Waals surface area contributed by atoms with Crippen LogP contribution < -0.4 is 5.32 Å². The highest BCUT2D eigenvalue weighted by Gasteiger charge is 2.19. The lowest BCUT2D eigenvalue weighted by Crippen LogP contribution is -2.14. The number of phenolic OH excluding ortho intramolecular Hbond substituents is 1. The molecule has 0 aliphatic heterocycles. The number of H-pyrrole nitrogens is 1. The summed E-state index contributed by atoms with van der Waals surface area (Å²) in [5.41, 5.74) is 4.63. The van der Waals surface area contributed by atoms with Crippen LogP contribution in [0.15, 0.2) is 60.7 Å². The minimum Gasteiger partial charge on any atom is -0.507 e. The number of rotatable bonds is 3. The molecule has 5 aromatic rings. The number of carbonyl (C=O) groups excluding carboxylic acids is 1. The number of amides is 1. The second kappa shape index (κ2) is 7.33. The van der Waals surface area contributed by atoms with E-state index < -0.39 is 0 Å². The molecule has 0 aliphatic carbocycles. The number of fused-ring (bicyclic) bond motifs is 5. The van der Waals surface area contributed by atoms with Gasteiger partial charge in [-0.25, -0.2) is 0 Å². The average Bonchev–Trinajstić information content (AvgIpc) is 3.14. The molecule has 0 saturated heterocycles. The molecular weight excluding hydrogens is 408 g/mol. The summed E-state index contributed by atoms with van der Waals surface area (Å²) in [7, 11) is 0. The molecule has 1 heterocycles. The third-order valence-electron chi connectivity index (χ3n) is 5.95. The highest BCUT2D eigenvalue weighted by atomic mass is 35.5. The number of halogens is 1. The fourth-order valence-corrected chi connectivity index (χ4v) is 4.51. The summed E-state index contributed by atoms with van der Waals surface area (Å²) in [4.78, 5) is 16.5. The number of hydrogen-bond acceptors (Lipinski definition) is 2. The Morgan fingerprint density at radius 3 is 2.68 bits per heavy atom. The Morgan fingerprint density at radius 2 is 1.87 bits per heavy atom. The molecule has 0 saturated carbocycles. The first-order valence-corrected chi connectivity index (χ1v) is 10.6. The van der Waals surface area contributed by atoms with Gasteiger partial charge in [-0.1, -0.05) is 48.9 Å². The van der Waals surface area contributed by atoms with Crippen LogP contribution in [0.1, 0.15) is 28.4 Å². The van der Waals surface area contributed by atoms with E-state index in [0.717, 1.165) is 50.2 Å². The fourth-order valence-electron chi connectivity index (χ4n) is 4.34. The van der Waals surface area contributed by atoms with Crippen LogP contribution in [0.2, 0.25) is 5.02 Å². The number of nitrogens with one attached hydrogen (secondary N) is 2. The molecule has 1 amide bonds. The lowest BCUT2D eigenvalue weighted by Gasteiger charge is -2.14. The molecule has 0 spiro atoms. The topological polar surface area (TPSA) is 65.1 Å². The molecule has 0 aliphatic rings. The number of aromatic hydroxyl groups is 1. The SMILES string of the molecule is CCc1ccccc1NC(=O)c1cc2ccc3c4cc(Cl)ccc4[nH]c3c2c(C)c1O. The third kappa shape index (κ3) is 3.11. The van der Waals surface area contributed by atoms with E-state index in [0.29, 0.717) is 10.6 Å². The molecule has 4 aromatic carbocycles. The Labute approximate surface area is 184 Å². The second-order valence-electron chi connectivity index (χ2n) is 7.76. The van der Waals surface area contributed by atoms with Crippen LogP contribution in [0.5, 0.6) is 5.75 Å². The van der Waals surface area contributed by atoms with Gasteiger partial charge in [0.1, 0.15) is 5.75 Å². The molecule has 31 heavy (non-hydrogen) atoms. The number of anilines is 1. The van der Waals surface area contributed by atoms with Crippen LogP contribution in [0.25, 0.3) is 32.6 Å². The Bertz CT molecular complexity index is 1500. The van der Waals surface area contributed by atoms with Crippen molar-refractivity contribution in [3.05, 3.63) is 82.4 Å². The van der Waals surface area contributed by atoms with Gasteiger partial charge in [-0.15, -0.1) is 0 Å². The third-order valence-corrected chi connectivity index (χ3v) is 6.18. The van der Waals surface area contributed by atoms with Gasteiger partial charge in [0.25, 0.3) is 5.91 Å². The quantitative estimate of drug-likeness (QED) is 0.291. The van der Waals surface area contributed by atoms with Crippen molar-refractivity contribution in [3.63, 3.8) is 0 Å². The number of aryl methyl sites for hydroxylation is 2. The normalized spacial score (nSPS) is 11.5. The second-order valence-corrected chi connectivity index (χ2v) is 8.20. The minimum atomic E-state index is -0.327. The Morgan fingerprint density at radius 1 is 1.06 bits per heavy atom. The average molecular weight is 429 g/mol. The summed E-state index contributed by atoms with van der Waals surface area (Å²) in [6, 6.07) is 19.2. The number of phenols is 1. The standard InChI is InChI=1S/C26H21ClN2O2/c1-3-15-6-4-5-7-21(15)29-26(31)20-12-16-8-10-18-19-13-17(27)9-11-22(19)28-24(18)23(16)14(2)25(20)30/h4-13,28,30H,3H2,1-2H3,(H,29,31). The zero-order valence-electron chi connectivity index (χ0n) is 17.2. The lowest BCUT2D eigenvalue weighted by atomic mass is 9.97. The summed E-state index contributed by atoms with van der Waals surface area (Å²) in [6.45, 7) is 3.88. The number of hydrogen-bond donors (Lipinski definition) is 3. The van der Waals surface area contributed by atoms with Gasteiger partial charge >= 0.3 is 0 Å². The monoisotopic (exact) mass is 428 g/mol. The van der Waals surface area contributed by atoms with Crippen LogP contribution >= 0.6 is 11.6 Å². The predicted molar refractivity (Wildman–Crippen MR) is 128 cm³/mol. The van der Waals surface area contributed by atoms with Gasteiger partial charge in [-0.3, -0.25) is 4.79 Å². The van der Waals surface area contributed by atoms with E-state index >= 15 is 0 Å². The number of aromatic nitrogens is 1. The Kier molecular flexibility index (Phi) is 4.60. The van der Waals surface area contributed by atoms with Gasteiger partial charge in [0.15, 0.2) is 0 Å². The minimum absolute atomic E-state index is 0.0110. The molecule has 5 heteroatoms. The summed E-state index contributed by atoms with van der Waals surface area (Å²) in [6.07, 6.45) is 0.807. The van der Waals surface area contributed by atoms with Crippen molar-refractivity contribution in [2.45, 2.75) is 20.3 Å². The van der Waals surface area contributed by atoms with Crippen LogP contribution in [0.4, 0.5) is 5.69 Å². The molecule has 0 fully saturated rings. The van der Waals surface area contributed by atoms with Gasteiger partial charge in [0.2, 0.25) is 0 Å². The maximum Gasteiger partial charge on any atom is 0.259 e. The van der Waals surface area contributed by atoms with E-state index in [1.807, 2.05) is 68.4 Å². The Balaban J connectivity index is 1.67. The van der Waals surface area contributed by atoms with Crippen LogP contribution in [-0.2, 0) is 6.42 Å². The molecule has 0 unspecified atom stereocenters. The first-order chi connectivity index (χ1) is 15.0. The summed E-state index contributed by atoms with van der Waals surface area (Å²) < 4.78 is 0. The van der Waals surface area contributed by atoms with E-state index in [1.54, 1.807) is 6.07 Å². The van der Waals surface area contributed by atoms with Crippen molar-refractivity contribution in [2.75, 3.05) is 5.32 Å². The number of carbonyl (C=O) groups is 1. The van der Waals surface area contributed by atoms with Crippen molar-refractivity contribution in [2.24, 2.45) is 0 Å². The molecule has 0 bridgehead atoms. The Hall–Kier alpha value is -3.50. The maximum absolute atomic E-state index is 13.0. The van der Waals surface area contributed by atoms with E-state index in [-0.39, 0.29) is 17.2 Å². The first-order valence-electron chi connectivity index (χ1n) is 10.2. The molecular formula is C26H21ClN2O2. The van der Waals surface area contributed by atoms with Crippen molar-refractivity contribution in [1.82, 2.24) is 4.98 Å². The van der Waals surface area contributed by atoms with E-state index in [1.165, 1.54) is 0 Å². The lowest BCUT2D eigenvalue weighted by molar-refractivity contribution is 0.102. The first kappa shape index (κ1) is 19.5. The molecule has 5 rings (SSSR count). The summed E-state index contributed by atoms with van der Waals surface area (Å²) >= 11 is 6.20. The van der Waals surface area contributed by atoms with E-state index in [2.05, 4.69) is 10.3 Å². The molecule has 4 nitrogen and oxygen atoms in total. The number of benzene rings is 4. The predicted octanol–water partition coefficient (Wildman–Crippen LogP) is 6.96.